The van der Waals surface area contributed by atoms with Crippen molar-refractivity contribution in [2.24, 2.45) is 11.8 Å². The number of aliphatic hydroxyl groups is 1. The van der Waals surface area contributed by atoms with Crippen LogP contribution in [0.15, 0.2) is 17.5 Å². The summed E-state index contributed by atoms with van der Waals surface area (Å²) in [7, 11) is 0. The minimum atomic E-state index is -0.0259. The molecule has 0 spiro atoms. The Hall–Kier alpha value is -0.870. The molecule has 1 rings (SSSR count). The van der Waals surface area contributed by atoms with Crippen molar-refractivity contribution >= 4 is 17.2 Å². The summed E-state index contributed by atoms with van der Waals surface area (Å²) in [6.07, 6.45) is 0.781. The molecule has 4 heteroatoms. The van der Waals surface area contributed by atoms with Crippen molar-refractivity contribution in [1.82, 2.24) is 5.32 Å². The first kappa shape index (κ1) is 14.2. The van der Waals surface area contributed by atoms with Gasteiger partial charge in [0.15, 0.2) is 0 Å². The van der Waals surface area contributed by atoms with Gasteiger partial charge in [-0.3, -0.25) is 4.79 Å². The molecule has 0 saturated carbocycles. The number of hydrogen-bond acceptors (Lipinski definition) is 3. The van der Waals surface area contributed by atoms with E-state index in [0.29, 0.717) is 0 Å². The molecule has 0 radical (unpaired) electrons. The lowest BCUT2D eigenvalue weighted by Gasteiger charge is -2.21. The summed E-state index contributed by atoms with van der Waals surface area (Å²) >= 11 is 1.68. The Morgan fingerprint density at radius 2 is 2.18 bits per heavy atom. The lowest BCUT2D eigenvalue weighted by Crippen LogP contribution is -2.41. The van der Waals surface area contributed by atoms with Crippen LogP contribution < -0.4 is 5.32 Å². The zero-order valence-electron chi connectivity index (χ0n) is 10.6. The molecule has 0 aliphatic heterocycles. The highest BCUT2D eigenvalue weighted by atomic mass is 32.1. The predicted molar refractivity (Wildman–Crippen MR) is 71.0 cm³/mol. The van der Waals surface area contributed by atoms with Crippen LogP contribution in [0.2, 0.25) is 0 Å². The van der Waals surface area contributed by atoms with Crippen LogP contribution in [0.4, 0.5) is 0 Å². The molecule has 2 N–H and O–H groups in total. The Kier molecular flexibility index (Phi) is 5.65. The fourth-order valence-electron chi connectivity index (χ4n) is 1.49. The molecule has 3 nitrogen and oxygen atoms in total. The van der Waals surface area contributed by atoms with Gasteiger partial charge in [0.05, 0.1) is 0 Å². The molecule has 0 bridgehead atoms. The second kappa shape index (κ2) is 6.77. The van der Waals surface area contributed by atoms with E-state index in [1.807, 2.05) is 38.3 Å². The maximum Gasteiger partial charge on any atom is 0.223 e. The van der Waals surface area contributed by atoms with E-state index in [-0.39, 0.29) is 30.4 Å². The van der Waals surface area contributed by atoms with Crippen molar-refractivity contribution in [1.29, 1.82) is 0 Å². The van der Waals surface area contributed by atoms with Crippen molar-refractivity contribution in [2.75, 3.05) is 6.61 Å². The normalized spacial score (nSPS) is 16.2. The number of carbonyl (C=O) groups excluding carboxylic acids is 1. The Morgan fingerprint density at radius 1 is 1.47 bits per heavy atom. The molecule has 0 aromatic carbocycles. The van der Waals surface area contributed by atoms with Gasteiger partial charge in [-0.25, -0.2) is 0 Å². The summed E-state index contributed by atoms with van der Waals surface area (Å²) in [6.45, 7) is 5.89. The van der Waals surface area contributed by atoms with Gasteiger partial charge in [-0.1, -0.05) is 19.9 Å². The standard InChI is InChI=1S/C13H21NO2S/c1-9(7-12-5-4-6-17-12)13(16)14-11(3)10(2)8-15/h4-6,9-11,15H,7-8H2,1-3H3,(H,14,16). The first-order chi connectivity index (χ1) is 8.04. The van der Waals surface area contributed by atoms with E-state index < -0.39 is 0 Å². The van der Waals surface area contributed by atoms with Gasteiger partial charge in [-0.2, -0.15) is 0 Å². The van der Waals surface area contributed by atoms with Gasteiger partial charge in [-0.05, 0) is 30.7 Å². The third-order valence-corrected chi connectivity index (χ3v) is 3.95. The monoisotopic (exact) mass is 255 g/mol. The Bertz CT molecular complexity index is 337. The Morgan fingerprint density at radius 3 is 2.71 bits per heavy atom. The van der Waals surface area contributed by atoms with Crippen LogP contribution >= 0.6 is 11.3 Å². The summed E-state index contributed by atoms with van der Waals surface area (Å²) < 4.78 is 0. The molecular formula is C13H21NO2S. The second-order valence-corrected chi connectivity index (χ2v) is 5.67. The average Bonchev–Trinajstić information content (AvgIpc) is 2.80. The first-order valence-corrected chi connectivity index (χ1v) is 6.86. The quantitative estimate of drug-likeness (QED) is 0.817. The number of rotatable bonds is 6. The molecule has 3 unspecified atom stereocenters. The molecule has 0 aliphatic carbocycles. The van der Waals surface area contributed by atoms with E-state index in [1.54, 1.807) is 11.3 Å². The minimum absolute atomic E-state index is 0.0123. The lowest BCUT2D eigenvalue weighted by molar-refractivity contribution is -0.125. The smallest absolute Gasteiger partial charge is 0.223 e. The summed E-state index contributed by atoms with van der Waals surface area (Å²) in [5.74, 6) is 0.126. The molecule has 17 heavy (non-hydrogen) atoms. The number of aliphatic hydroxyl groups excluding tert-OH is 1. The summed E-state index contributed by atoms with van der Waals surface area (Å²) in [5.41, 5.74) is 0. The molecule has 96 valence electrons. The zero-order valence-corrected chi connectivity index (χ0v) is 11.5. The second-order valence-electron chi connectivity index (χ2n) is 4.64. The maximum atomic E-state index is 11.9. The topological polar surface area (TPSA) is 49.3 Å². The SMILES string of the molecule is CC(Cc1cccs1)C(=O)NC(C)C(C)CO. The maximum absolute atomic E-state index is 11.9. The molecule has 3 atom stereocenters. The van der Waals surface area contributed by atoms with E-state index >= 15 is 0 Å². The van der Waals surface area contributed by atoms with E-state index in [0.717, 1.165) is 6.42 Å². The molecule has 0 aliphatic rings. The number of nitrogens with one attached hydrogen (secondary N) is 1. The summed E-state index contributed by atoms with van der Waals surface area (Å²) in [5, 5.41) is 14.0. The molecule has 1 aromatic heterocycles. The van der Waals surface area contributed by atoms with Gasteiger partial charge < -0.3 is 10.4 Å². The van der Waals surface area contributed by atoms with Crippen molar-refractivity contribution in [3.63, 3.8) is 0 Å². The number of hydrogen-bond donors (Lipinski definition) is 2. The summed E-state index contributed by atoms with van der Waals surface area (Å²) in [4.78, 5) is 13.1. The van der Waals surface area contributed by atoms with Gasteiger partial charge in [0.1, 0.15) is 0 Å². The van der Waals surface area contributed by atoms with Gasteiger partial charge in [0.25, 0.3) is 0 Å². The first-order valence-electron chi connectivity index (χ1n) is 5.98. The molecule has 1 heterocycles. The van der Waals surface area contributed by atoms with Gasteiger partial charge in [-0.15, -0.1) is 11.3 Å². The molecular weight excluding hydrogens is 234 g/mol. The fraction of sp³-hybridized carbons (Fsp3) is 0.615. The van der Waals surface area contributed by atoms with Crippen molar-refractivity contribution in [3.05, 3.63) is 22.4 Å². The highest BCUT2D eigenvalue weighted by Crippen LogP contribution is 2.15. The third kappa shape index (κ3) is 4.48. The molecule has 1 aromatic rings. The van der Waals surface area contributed by atoms with E-state index in [1.165, 1.54) is 4.88 Å². The van der Waals surface area contributed by atoms with Gasteiger partial charge in [0.2, 0.25) is 5.91 Å². The van der Waals surface area contributed by atoms with Crippen LogP contribution in [0, 0.1) is 11.8 Å². The fourth-order valence-corrected chi connectivity index (χ4v) is 2.33. The minimum Gasteiger partial charge on any atom is -0.396 e. The Labute approximate surface area is 107 Å². The van der Waals surface area contributed by atoms with Crippen molar-refractivity contribution in [3.8, 4) is 0 Å². The number of thiophene rings is 1. The van der Waals surface area contributed by atoms with Crippen LogP contribution in [0.25, 0.3) is 0 Å². The average molecular weight is 255 g/mol. The van der Waals surface area contributed by atoms with Crippen molar-refractivity contribution < 1.29 is 9.90 Å². The van der Waals surface area contributed by atoms with Crippen LogP contribution in [-0.2, 0) is 11.2 Å². The van der Waals surface area contributed by atoms with Gasteiger partial charge >= 0.3 is 0 Å². The van der Waals surface area contributed by atoms with E-state index in [9.17, 15) is 4.79 Å². The number of carbonyl (C=O) groups is 1. The van der Waals surface area contributed by atoms with Gasteiger partial charge in [0, 0.05) is 23.4 Å². The molecule has 0 fully saturated rings. The van der Waals surface area contributed by atoms with Crippen LogP contribution in [0.3, 0.4) is 0 Å². The largest absolute Gasteiger partial charge is 0.396 e. The van der Waals surface area contributed by atoms with E-state index in [4.69, 9.17) is 5.11 Å². The molecule has 1 amide bonds. The Balaban J connectivity index is 2.42. The number of amides is 1. The summed E-state index contributed by atoms with van der Waals surface area (Å²) in [6, 6.07) is 4.06. The van der Waals surface area contributed by atoms with Crippen LogP contribution in [0.1, 0.15) is 25.6 Å². The zero-order chi connectivity index (χ0) is 12.8. The molecule has 0 saturated heterocycles. The van der Waals surface area contributed by atoms with E-state index in [2.05, 4.69) is 5.32 Å². The van der Waals surface area contributed by atoms with Crippen LogP contribution in [0.5, 0.6) is 0 Å². The predicted octanol–water partition coefficient (Wildman–Crippen LogP) is 2.06. The lowest BCUT2D eigenvalue weighted by atomic mass is 10.0. The van der Waals surface area contributed by atoms with Crippen molar-refractivity contribution in [2.45, 2.75) is 33.2 Å². The highest BCUT2D eigenvalue weighted by molar-refractivity contribution is 7.09. The third-order valence-electron chi connectivity index (χ3n) is 3.05. The highest BCUT2D eigenvalue weighted by Gasteiger charge is 2.18. The van der Waals surface area contributed by atoms with Crippen LogP contribution in [-0.4, -0.2) is 23.7 Å².